The van der Waals surface area contributed by atoms with E-state index in [0.717, 1.165) is 11.5 Å². The lowest BCUT2D eigenvalue weighted by molar-refractivity contribution is -0.138. The number of thiol groups is 1. The lowest BCUT2D eigenvalue weighted by atomic mass is 10.2. The average molecular weight is 223 g/mol. The minimum absolute atomic E-state index is 0.552. The van der Waals surface area contributed by atoms with Gasteiger partial charge in [0.2, 0.25) is 0 Å². The summed E-state index contributed by atoms with van der Waals surface area (Å²) < 4.78 is 0. The van der Waals surface area contributed by atoms with Crippen LogP contribution in [0, 0.1) is 0 Å². The molecular weight excluding hydrogens is 206 g/mol. The van der Waals surface area contributed by atoms with Crippen LogP contribution in [-0.2, 0) is 4.79 Å². The van der Waals surface area contributed by atoms with Crippen molar-refractivity contribution in [3.63, 3.8) is 0 Å². The van der Waals surface area contributed by atoms with Crippen LogP contribution in [0.25, 0.3) is 0 Å². The normalized spacial score (nSPS) is 11.0. The highest BCUT2D eigenvalue weighted by molar-refractivity contribution is 7.98. The molecule has 0 spiro atoms. The highest BCUT2D eigenvalue weighted by atomic mass is 32.2. The van der Waals surface area contributed by atoms with E-state index in [4.69, 9.17) is 10.8 Å². The van der Waals surface area contributed by atoms with Crippen LogP contribution in [0.2, 0.25) is 0 Å². The molecule has 0 fully saturated rings. The molecule has 0 rings (SSSR count). The van der Waals surface area contributed by atoms with Crippen LogP contribution in [0.1, 0.15) is 6.42 Å². The zero-order chi connectivity index (χ0) is 10.7. The van der Waals surface area contributed by atoms with Gasteiger partial charge in [-0.15, -0.1) is 6.58 Å². The molecule has 3 N–H and O–H groups in total. The van der Waals surface area contributed by atoms with Gasteiger partial charge < -0.3 is 10.8 Å². The summed E-state index contributed by atoms with van der Waals surface area (Å²) in [5, 5.41) is 8.27. The molecule has 0 saturated carbocycles. The quantitative estimate of drug-likeness (QED) is 0.485. The number of aliphatic carboxylic acids is 1. The Balaban J connectivity index is 0. The van der Waals surface area contributed by atoms with E-state index in [1.54, 1.807) is 17.8 Å². The van der Waals surface area contributed by atoms with Crippen LogP contribution in [0.3, 0.4) is 0 Å². The van der Waals surface area contributed by atoms with Crippen LogP contribution in [0.4, 0.5) is 0 Å². The number of carboxylic acids is 1. The maximum absolute atomic E-state index is 10.1. The molecule has 0 saturated heterocycles. The first kappa shape index (κ1) is 15.3. The first-order chi connectivity index (χ1) is 6.09. The van der Waals surface area contributed by atoms with E-state index in [-0.39, 0.29) is 0 Å². The molecule has 0 radical (unpaired) electrons. The molecule has 0 heterocycles. The third-order valence-corrected chi connectivity index (χ3v) is 1.98. The van der Waals surface area contributed by atoms with Crippen molar-refractivity contribution in [3.05, 3.63) is 12.7 Å². The first-order valence-electron chi connectivity index (χ1n) is 3.79. The molecule has 0 bridgehead atoms. The van der Waals surface area contributed by atoms with Crippen LogP contribution in [0.5, 0.6) is 0 Å². The maximum Gasteiger partial charge on any atom is 0.320 e. The Morgan fingerprint density at radius 1 is 1.85 bits per heavy atom. The predicted molar refractivity (Wildman–Crippen MR) is 62.7 cm³/mol. The van der Waals surface area contributed by atoms with Crippen molar-refractivity contribution < 1.29 is 9.90 Å². The van der Waals surface area contributed by atoms with Gasteiger partial charge in [-0.25, -0.2) is 0 Å². The number of hydrogen-bond donors (Lipinski definition) is 3. The Hall–Kier alpha value is -0.130. The molecule has 78 valence electrons. The van der Waals surface area contributed by atoms with E-state index in [1.807, 2.05) is 6.26 Å². The van der Waals surface area contributed by atoms with Crippen molar-refractivity contribution in [2.45, 2.75) is 12.5 Å². The molecule has 0 aliphatic carbocycles. The molecule has 1 atom stereocenters. The zero-order valence-electron chi connectivity index (χ0n) is 7.77. The van der Waals surface area contributed by atoms with Crippen molar-refractivity contribution in [1.82, 2.24) is 0 Å². The number of nitrogens with two attached hydrogens (primary N) is 1. The van der Waals surface area contributed by atoms with Gasteiger partial charge in [0, 0.05) is 5.75 Å². The standard InChI is InChI=1S/C5H11NO2S.C3H6S/c1-9-3-2-4(6)5(7)8;1-2-3-4/h4H,2-3,6H2,1H3,(H,7,8);2,4H,1,3H2. The summed E-state index contributed by atoms with van der Waals surface area (Å²) in [7, 11) is 0. The molecule has 0 aromatic rings. The summed E-state index contributed by atoms with van der Waals surface area (Å²) in [4.78, 5) is 10.1. The van der Waals surface area contributed by atoms with Crippen LogP contribution >= 0.6 is 24.4 Å². The topological polar surface area (TPSA) is 63.3 Å². The summed E-state index contributed by atoms with van der Waals surface area (Å²) in [6, 6.07) is -0.683. The van der Waals surface area contributed by atoms with Crippen molar-refractivity contribution in [2.75, 3.05) is 17.8 Å². The van der Waals surface area contributed by atoms with Gasteiger partial charge in [-0.2, -0.15) is 24.4 Å². The minimum atomic E-state index is -0.913. The Labute approximate surface area is 89.2 Å². The number of rotatable bonds is 5. The highest BCUT2D eigenvalue weighted by Gasteiger charge is 2.08. The molecule has 0 amide bonds. The molecule has 0 aromatic carbocycles. The zero-order valence-corrected chi connectivity index (χ0v) is 9.48. The summed E-state index contributed by atoms with van der Waals surface area (Å²) in [6.45, 7) is 3.40. The molecule has 5 heteroatoms. The number of thioether (sulfide) groups is 1. The Bertz CT molecular complexity index is 142. The summed E-state index contributed by atoms with van der Waals surface area (Å²) in [5.41, 5.74) is 5.19. The minimum Gasteiger partial charge on any atom is -0.480 e. The Kier molecular flexibility index (Phi) is 14.0. The van der Waals surface area contributed by atoms with Crippen LogP contribution < -0.4 is 5.73 Å². The van der Waals surface area contributed by atoms with E-state index in [2.05, 4.69) is 19.2 Å². The van der Waals surface area contributed by atoms with Crippen molar-refractivity contribution in [3.8, 4) is 0 Å². The SMILES string of the molecule is C=CCS.CSCCC(N)C(=O)O. The molecule has 0 aliphatic heterocycles. The monoisotopic (exact) mass is 223 g/mol. The van der Waals surface area contributed by atoms with E-state index < -0.39 is 12.0 Å². The second-order valence-corrected chi connectivity index (χ2v) is 3.55. The molecule has 0 aromatic heterocycles. The lowest BCUT2D eigenvalue weighted by Gasteiger charge is -2.02. The van der Waals surface area contributed by atoms with E-state index >= 15 is 0 Å². The van der Waals surface area contributed by atoms with Gasteiger partial charge >= 0.3 is 5.97 Å². The second kappa shape index (κ2) is 11.9. The first-order valence-corrected chi connectivity index (χ1v) is 5.81. The molecule has 13 heavy (non-hydrogen) atoms. The van der Waals surface area contributed by atoms with Gasteiger partial charge in [-0.3, -0.25) is 4.79 Å². The van der Waals surface area contributed by atoms with Gasteiger partial charge in [0.1, 0.15) is 6.04 Å². The largest absolute Gasteiger partial charge is 0.480 e. The Morgan fingerprint density at radius 3 is 2.54 bits per heavy atom. The van der Waals surface area contributed by atoms with Crippen LogP contribution in [-0.4, -0.2) is 34.9 Å². The summed E-state index contributed by atoms with van der Waals surface area (Å²) in [6.07, 6.45) is 4.22. The summed E-state index contributed by atoms with van der Waals surface area (Å²) in [5.74, 6) is 0.678. The number of carboxylic acid groups (broad SMARTS) is 1. The maximum atomic E-state index is 10.1. The highest BCUT2D eigenvalue weighted by Crippen LogP contribution is 1.97. The Morgan fingerprint density at radius 2 is 2.31 bits per heavy atom. The molecule has 0 aliphatic rings. The third-order valence-electron chi connectivity index (χ3n) is 1.08. The van der Waals surface area contributed by atoms with Crippen LogP contribution in [0.15, 0.2) is 12.7 Å². The fourth-order valence-corrected chi connectivity index (χ4v) is 0.858. The van der Waals surface area contributed by atoms with Gasteiger partial charge in [0.15, 0.2) is 0 Å². The second-order valence-electron chi connectivity index (χ2n) is 2.20. The molecule has 1 unspecified atom stereocenters. The number of hydrogen-bond acceptors (Lipinski definition) is 4. The third kappa shape index (κ3) is 14.7. The van der Waals surface area contributed by atoms with Crippen molar-refractivity contribution in [1.29, 1.82) is 0 Å². The smallest absolute Gasteiger partial charge is 0.320 e. The van der Waals surface area contributed by atoms with Crippen molar-refractivity contribution >= 4 is 30.4 Å². The van der Waals surface area contributed by atoms with Gasteiger partial charge in [0.25, 0.3) is 0 Å². The fourth-order valence-electron chi connectivity index (χ4n) is 0.368. The average Bonchev–Trinajstić information content (AvgIpc) is 2.14. The lowest BCUT2D eigenvalue weighted by Crippen LogP contribution is -2.30. The van der Waals surface area contributed by atoms with Gasteiger partial charge in [-0.1, -0.05) is 6.08 Å². The van der Waals surface area contributed by atoms with E-state index in [1.165, 1.54) is 0 Å². The van der Waals surface area contributed by atoms with E-state index in [0.29, 0.717) is 6.42 Å². The predicted octanol–water partition coefficient (Wildman–Crippen LogP) is 1.25. The molecular formula is C8H17NO2S2. The molecule has 3 nitrogen and oxygen atoms in total. The number of carbonyl (C=O) groups is 1. The van der Waals surface area contributed by atoms with Crippen molar-refractivity contribution in [2.24, 2.45) is 5.73 Å². The van der Waals surface area contributed by atoms with E-state index in [9.17, 15) is 4.79 Å². The van der Waals surface area contributed by atoms with Gasteiger partial charge in [0.05, 0.1) is 0 Å². The summed E-state index contributed by atoms with van der Waals surface area (Å²) >= 11 is 5.41. The van der Waals surface area contributed by atoms with Gasteiger partial charge in [-0.05, 0) is 18.4 Å². The fraction of sp³-hybridized carbons (Fsp3) is 0.625.